The SMILES string of the molecule is CC1=C(C)C(C2C=CC=C2)C(C)=C1C. The predicted octanol–water partition coefficient (Wildman–Crippen LogP) is 4.03. The first-order valence-electron chi connectivity index (χ1n) is 5.33. The van der Waals surface area contributed by atoms with Crippen LogP contribution in [0.1, 0.15) is 27.7 Å². The molecule has 74 valence electrons. The Balaban J connectivity index is 2.38. The smallest absolute Gasteiger partial charge is 0.0111 e. The first-order chi connectivity index (χ1) is 6.63. The molecule has 0 radical (unpaired) electrons. The minimum Gasteiger partial charge on any atom is -0.0767 e. The molecule has 0 saturated heterocycles. The van der Waals surface area contributed by atoms with Crippen LogP contribution >= 0.6 is 0 Å². The number of allylic oxidation sites excluding steroid dienone is 8. The van der Waals surface area contributed by atoms with Crippen molar-refractivity contribution < 1.29 is 0 Å². The molecule has 0 heteroatoms. The minimum atomic E-state index is 0.599. The predicted molar refractivity (Wildman–Crippen MR) is 62.0 cm³/mol. The van der Waals surface area contributed by atoms with Crippen LogP contribution < -0.4 is 0 Å². The standard InChI is InChI=1S/C14H18/c1-9-10(2)12(4)14(11(9)3)13-7-5-6-8-13/h5-8,13-14H,1-4H3. The minimum absolute atomic E-state index is 0.599. The van der Waals surface area contributed by atoms with E-state index in [0.29, 0.717) is 11.8 Å². The van der Waals surface area contributed by atoms with E-state index >= 15 is 0 Å². The monoisotopic (exact) mass is 186 g/mol. The quantitative estimate of drug-likeness (QED) is 0.580. The third-order valence-corrected chi connectivity index (χ3v) is 3.84. The molecular weight excluding hydrogens is 168 g/mol. The zero-order valence-electron chi connectivity index (χ0n) is 9.46. The second kappa shape index (κ2) is 3.27. The molecule has 14 heavy (non-hydrogen) atoms. The van der Waals surface area contributed by atoms with Gasteiger partial charge in [-0.1, -0.05) is 35.5 Å². The van der Waals surface area contributed by atoms with Crippen LogP contribution in [-0.2, 0) is 0 Å². The maximum atomic E-state index is 2.31. The molecule has 0 unspecified atom stereocenters. The molecule has 0 nitrogen and oxygen atoms in total. The molecule has 0 spiro atoms. The lowest BCUT2D eigenvalue weighted by atomic mass is 9.84. The first-order valence-corrected chi connectivity index (χ1v) is 5.33. The van der Waals surface area contributed by atoms with E-state index in [-0.39, 0.29) is 0 Å². The van der Waals surface area contributed by atoms with E-state index < -0.39 is 0 Å². The fourth-order valence-electron chi connectivity index (χ4n) is 2.63. The van der Waals surface area contributed by atoms with E-state index in [0.717, 1.165) is 0 Å². The van der Waals surface area contributed by atoms with Gasteiger partial charge in [0.2, 0.25) is 0 Å². The average Bonchev–Trinajstić information content (AvgIpc) is 2.73. The maximum Gasteiger partial charge on any atom is 0.0111 e. The lowest BCUT2D eigenvalue weighted by Crippen LogP contribution is -2.10. The topological polar surface area (TPSA) is 0 Å². The Hall–Kier alpha value is -1.04. The largest absolute Gasteiger partial charge is 0.0767 e. The Morgan fingerprint density at radius 2 is 1.21 bits per heavy atom. The maximum absolute atomic E-state index is 2.31. The van der Waals surface area contributed by atoms with Crippen molar-refractivity contribution in [3.05, 3.63) is 46.6 Å². The fourth-order valence-corrected chi connectivity index (χ4v) is 2.63. The summed E-state index contributed by atoms with van der Waals surface area (Å²) in [7, 11) is 0. The van der Waals surface area contributed by atoms with Gasteiger partial charge >= 0.3 is 0 Å². The van der Waals surface area contributed by atoms with Crippen molar-refractivity contribution in [2.45, 2.75) is 27.7 Å². The second-order valence-corrected chi connectivity index (χ2v) is 4.44. The second-order valence-electron chi connectivity index (χ2n) is 4.44. The van der Waals surface area contributed by atoms with Crippen molar-refractivity contribution >= 4 is 0 Å². The third kappa shape index (κ3) is 1.21. The van der Waals surface area contributed by atoms with Crippen LogP contribution in [0, 0.1) is 11.8 Å². The summed E-state index contributed by atoms with van der Waals surface area (Å²) in [5.41, 5.74) is 6.12. The van der Waals surface area contributed by atoms with Crippen molar-refractivity contribution in [3.8, 4) is 0 Å². The Morgan fingerprint density at radius 3 is 1.64 bits per heavy atom. The summed E-state index contributed by atoms with van der Waals surface area (Å²) in [6.45, 7) is 9.05. The van der Waals surface area contributed by atoms with E-state index in [1.165, 1.54) is 11.1 Å². The van der Waals surface area contributed by atoms with Crippen LogP contribution in [0.2, 0.25) is 0 Å². The zero-order chi connectivity index (χ0) is 10.3. The molecule has 0 saturated carbocycles. The van der Waals surface area contributed by atoms with Gasteiger partial charge in [0.1, 0.15) is 0 Å². The van der Waals surface area contributed by atoms with Crippen molar-refractivity contribution in [1.82, 2.24) is 0 Å². The van der Waals surface area contributed by atoms with Crippen molar-refractivity contribution in [3.63, 3.8) is 0 Å². The van der Waals surface area contributed by atoms with E-state index in [1.807, 2.05) is 0 Å². The van der Waals surface area contributed by atoms with Gasteiger partial charge in [0, 0.05) is 11.8 Å². The lowest BCUT2D eigenvalue weighted by molar-refractivity contribution is 0.618. The highest BCUT2D eigenvalue weighted by Crippen LogP contribution is 2.42. The molecule has 0 amide bonds. The molecule has 0 aromatic heterocycles. The van der Waals surface area contributed by atoms with Crippen LogP contribution in [0.4, 0.5) is 0 Å². The van der Waals surface area contributed by atoms with Gasteiger partial charge in [0.15, 0.2) is 0 Å². The Bertz CT molecular complexity index is 339. The molecule has 0 aromatic carbocycles. The normalized spacial score (nSPS) is 23.4. The summed E-state index contributed by atoms with van der Waals surface area (Å²) in [6, 6.07) is 0. The molecule has 2 aliphatic rings. The summed E-state index contributed by atoms with van der Waals surface area (Å²) in [5.74, 6) is 1.23. The molecule has 0 N–H and O–H groups in total. The van der Waals surface area contributed by atoms with Gasteiger partial charge in [-0.25, -0.2) is 0 Å². The molecular formula is C14H18. The van der Waals surface area contributed by atoms with Crippen LogP contribution in [-0.4, -0.2) is 0 Å². The highest BCUT2D eigenvalue weighted by Gasteiger charge is 2.29. The van der Waals surface area contributed by atoms with Gasteiger partial charge in [0.25, 0.3) is 0 Å². The van der Waals surface area contributed by atoms with Gasteiger partial charge < -0.3 is 0 Å². The van der Waals surface area contributed by atoms with Gasteiger partial charge in [-0.3, -0.25) is 0 Å². The molecule has 0 bridgehead atoms. The van der Waals surface area contributed by atoms with Crippen LogP contribution in [0.3, 0.4) is 0 Å². The number of hydrogen-bond acceptors (Lipinski definition) is 0. The van der Waals surface area contributed by atoms with E-state index in [9.17, 15) is 0 Å². The van der Waals surface area contributed by atoms with Gasteiger partial charge in [0.05, 0.1) is 0 Å². The van der Waals surface area contributed by atoms with Gasteiger partial charge in [-0.15, -0.1) is 0 Å². The summed E-state index contributed by atoms with van der Waals surface area (Å²) in [5, 5.41) is 0. The van der Waals surface area contributed by atoms with Crippen molar-refractivity contribution in [1.29, 1.82) is 0 Å². The lowest BCUT2D eigenvalue weighted by Gasteiger charge is -2.19. The van der Waals surface area contributed by atoms with E-state index in [1.54, 1.807) is 11.1 Å². The first kappa shape index (κ1) is 9.51. The van der Waals surface area contributed by atoms with E-state index in [2.05, 4.69) is 52.0 Å². The molecule has 0 aliphatic heterocycles. The Labute approximate surface area is 86.7 Å². The fraction of sp³-hybridized carbons (Fsp3) is 0.429. The molecule has 0 fully saturated rings. The summed E-state index contributed by atoms with van der Waals surface area (Å²) in [4.78, 5) is 0. The number of rotatable bonds is 1. The summed E-state index contributed by atoms with van der Waals surface area (Å²) in [6.07, 6.45) is 8.94. The zero-order valence-corrected chi connectivity index (χ0v) is 9.46. The van der Waals surface area contributed by atoms with Crippen LogP contribution in [0.25, 0.3) is 0 Å². The Kier molecular flexibility index (Phi) is 2.22. The highest BCUT2D eigenvalue weighted by molar-refractivity contribution is 5.48. The van der Waals surface area contributed by atoms with Crippen molar-refractivity contribution in [2.24, 2.45) is 11.8 Å². The molecule has 0 atom stereocenters. The molecule has 2 rings (SSSR count). The highest BCUT2D eigenvalue weighted by atomic mass is 14.3. The molecule has 0 aromatic rings. The van der Waals surface area contributed by atoms with Gasteiger partial charge in [-0.2, -0.15) is 0 Å². The van der Waals surface area contributed by atoms with Gasteiger partial charge in [-0.05, 0) is 38.8 Å². The molecule has 2 aliphatic carbocycles. The molecule has 0 heterocycles. The average molecular weight is 186 g/mol. The summed E-state index contributed by atoms with van der Waals surface area (Å²) >= 11 is 0. The van der Waals surface area contributed by atoms with Crippen LogP contribution in [0.15, 0.2) is 46.6 Å². The summed E-state index contributed by atoms with van der Waals surface area (Å²) < 4.78 is 0. The van der Waals surface area contributed by atoms with Crippen molar-refractivity contribution in [2.75, 3.05) is 0 Å². The number of hydrogen-bond donors (Lipinski definition) is 0. The van der Waals surface area contributed by atoms with E-state index in [4.69, 9.17) is 0 Å². The third-order valence-electron chi connectivity index (χ3n) is 3.84. The van der Waals surface area contributed by atoms with Crippen LogP contribution in [0.5, 0.6) is 0 Å². The Morgan fingerprint density at radius 1 is 0.786 bits per heavy atom.